The summed E-state index contributed by atoms with van der Waals surface area (Å²) < 4.78 is 53.0. The molecule has 2 aromatic carbocycles. The Balaban J connectivity index is 2.00. The number of alkyl halides is 3. The van der Waals surface area contributed by atoms with Crippen LogP contribution in [0.4, 0.5) is 23.2 Å². The number of anilines is 1. The third-order valence-electron chi connectivity index (χ3n) is 3.34. The van der Waals surface area contributed by atoms with Gasteiger partial charge in [0.15, 0.2) is 0 Å². The second-order valence-corrected chi connectivity index (χ2v) is 5.03. The summed E-state index contributed by atoms with van der Waals surface area (Å²) >= 11 is 0. The van der Waals surface area contributed by atoms with E-state index in [1.54, 1.807) is 0 Å². The van der Waals surface area contributed by atoms with Crippen LogP contribution in [0, 0.1) is 5.82 Å². The summed E-state index contributed by atoms with van der Waals surface area (Å²) in [6, 6.07) is 7.49. The second kappa shape index (κ2) is 6.34. The van der Waals surface area contributed by atoms with Crippen LogP contribution in [0.1, 0.15) is 15.9 Å². The fourth-order valence-electron chi connectivity index (χ4n) is 2.14. The zero-order valence-corrected chi connectivity index (χ0v) is 12.5. The lowest BCUT2D eigenvalue weighted by Gasteiger charge is -2.14. The van der Waals surface area contributed by atoms with Gasteiger partial charge in [0.2, 0.25) is 0 Å². The number of rotatable bonds is 3. The van der Waals surface area contributed by atoms with Gasteiger partial charge in [0.1, 0.15) is 18.5 Å². The Hall–Kier alpha value is -3.23. The maximum atomic E-state index is 13.0. The molecule has 0 saturated carbocycles. The van der Waals surface area contributed by atoms with E-state index in [9.17, 15) is 22.4 Å². The van der Waals surface area contributed by atoms with Gasteiger partial charge in [-0.25, -0.2) is 14.1 Å². The highest BCUT2D eigenvalue weighted by molar-refractivity contribution is 6.05. The lowest BCUT2D eigenvalue weighted by molar-refractivity contribution is -0.137. The number of aromatic nitrogens is 3. The Bertz CT molecular complexity index is 889. The summed E-state index contributed by atoms with van der Waals surface area (Å²) in [5.74, 6) is -1.21. The Morgan fingerprint density at radius 3 is 2.40 bits per heavy atom. The topological polar surface area (TPSA) is 59.8 Å². The predicted octanol–water partition coefficient (Wildman–Crippen LogP) is 3.68. The van der Waals surface area contributed by atoms with Crippen molar-refractivity contribution >= 4 is 11.6 Å². The summed E-state index contributed by atoms with van der Waals surface area (Å²) in [6.45, 7) is 0. The molecule has 0 spiro atoms. The first-order chi connectivity index (χ1) is 11.8. The van der Waals surface area contributed by atoms with Gasteiger partial charge in [-0.3, -0.25) is 4.79 Å². The van der Waals surface area contributed by atoms with E-state index in [4.69, 9.17) is 0 Å². The van der Waals surface area contributed by atoms with Gasteiger partial charge >= 0.3 is 6.18 Å². The van der Waals surface area contributed by atoms with Crippen LogP contribution >= 0.6 is 0 Å². The fourth-order valence-corrected chi connectivity index (χ4v) is 2.14. The van der Waals surface area contributed by atoms with Crippen molar-refractivity contribution in [2.24, 2.45) is 0 Å². The first kappa shape index (κ1) is 16.6. The zero-order valence-electron chi connectivity index (χ0n) is 12.5. The Kier molecular flexibility index (Phi) is 4.22. The van der Waals surface area contributed by atoms with E-state index in [0.717, 1.165) is 24.3 Å². The highest BCUT2D eigenvalue weighted by atomic mass is 19.4. The Morgan fingerprint density at radius 2 is 1.80 bits per heavy atom. The largest absolute Gasteiger partial charge is 0.416 e. The van der Waals surface area contributed by atoms with Crippen LogP contribution in [0.25, 0.3) is 5.69 Å². The summed E-state index contributed by atoms with van der Waals surface area (Å²) in [6.07, 6.45) is -2.07. The average Bonchev–Trinajstić information content (AvgIpc) is 3.08. The first-order valence-electron chi connectivity index (χ1n) is 6.98. The molecule has 0 bridgehead atoms. The number of nitrogens with zero attached hydrogens (tertiary/aromatic N) is 3. The van der Waals surface area contributed by atoms with E-state index in [0.29, 0.717) is 0 Å². The molecule has 0 aliphatic rings. The van der Waals surface area contributed by atoms with Crippen molar-refractivity contribution in [1.82, 2.24) is 14.8 Å². The maximum absolute atomic E-state index is 13.0. The van der Waals surface area contributed by atoms with Crippen LogP contribution in [0.15, 0.2) is 55.1 Å². The molecule has 0 atom stereocenters. The molecular weight excluding hydrogens is 340 g/mol. The molecule has 0 fully saturated rings. The van der Waals surface area contributed by atoms with Crippen LogP contribution in [0.2, 0.25) is 0 Å². The molecule has 5 nitrogen and oxygen atoms in total. The number of hydrogen-bond donors (Lipinski definition) is 1. The molecule has 0 saturated heterocycles. The number of hydrogen-bond acceptors (Lipinski definition) is 3. The minimum absolute atomic E-state index is 0.100. The molecular formula is C16H10F4N4O. The molecule has 0 aliphatic carbocycles. The highest BCUT2D eigenvalue weighted by Gasteiger charge is 2.31. The van der Waals surface area contributed by atoms with Gasteiger partial charge in [-0.15, -0.1) is 0 Å². The molecule has 25 heavy (non-hydrogen) atoms. The monoisotopic (exact) mass is 350 g/mol. The molecule has 3 aromatic rings. The quantitative estimate of drug-likeness (QED) is 0.733. The minimum Gasteiger partial charge on any atom is -0.320 e. The summed E-state index contributed by atoms with van der Waals surface area (Å²) in [5.41, 5.74) is -0.718. The van der Waals surface area contributed by atoms with E-state index in [1.807, 2.05) is 0 Å². The van der Waals surface area contributed by atoms with Gasteiger partial charge in [-0.1, -0.05) is 0 Å². The number of nitrogens with one attached hydrogen (secondary N) is 1. The Labute approximate surface area is 138 Å². The molecule has 0 unspecified atom stereocenters. The third kappa shape index (κ3) is 3.65. The van der Waals surface area contributed by atoms with E-state index < -0.39 is 23.5 Å². The van der Waals surface area contributed by atoms with Crippen LogP contribution in [-0.4, -0.2) is 20.7 Å². The maximum Gasteiger partial charge on any atom is 0.416 e. The van der Waals surface area contributed by atoms with Gasteiger partial charge in [-0.2, -0.15) is 18.3 Å². The normalized spacial score (nSPS) is 11.4. The van der Waals surface area contributed by atoms with Crippen LogP contribution in [-0.2, 0) is 6.18 Å². The van der Waals surface area contributed by atoms with Gasteiger partial charge in [0.05, 0.1) is 16.9 Å². The van der Waals surface area contributed by atoms with Crippen molar-refractivity contribution < 1.29 is 22.4 Å². The molecule has 0 aliphatic heterocycles. The highest BCUT2D eigenvalue weighted by Crippen LogP contribution is 2.33. The van der Waals surface area contributed by atoms with Gasteiger partial charge in [-0.05, 0) is 42.5 Å². The molecule has 1 heterocycles. The number of halogens is 4. The Morgan fingerprint density at radius 1 is 1.08 bits per heavy atom. The van der Waals surface area contributed by atoms with Gasteiger partial charge < -0.3 is 5.32 Å². The molecule has 3 rings (SSSR count). The molecule has 1 amide bonds. The minimum atomic E-state index is -4.57. The van der Waals surface area contributed by atoms with Crippen molar-refractivity contribution in [2.75, 3.05) is 5.32 Å². The molecule has 9 heteroatoms. The number of amides is 1. The van der Waals surface area contributed by atoms with E-state index in [-0.39, 0.29) is 16.9 Å². The zero-order chi connectivity index (χ0) is 18.0. The summed E-state index contributed by atoms with van der Waals surface area (Å²) in [5, 5.41) is 6.25. The molecule has 0 radical (unpaired) electrons. The van der Waals surface area contributed by atoms with Gasteiger partial charge in [0.25, 0.3) is 5.91 Å². The summed E-state index contributed by atoms with van der Waals surface area (Å²) in [4.78, 5) is 16.0. The standard InChI is InChI=1S/C16H10F4N4O/c17-12-4-1-10(2-5-12)15(25)23-13-7-11(16(18,19)20)3-6-14(13)24-9-21-8-22-24/h1-9H,(H,23,25). The lowest BCUT2D eigenvalue weighted by Crippen LogP contribution is -2.15. The fraction of sp³-hybridized carbons (Fsp3) is 0.0625. The van der Waals surface area contributed by atoms with Crippen LogP contribution in [0.3, 0.4) is 0 Å². The number of carbonyl (C=O) groups is 1. The molecule has 1 aromatic heterocycles. The van der Waals surface area contributed by atoms with Crippen molar-refractivity contribution in [3.8, 4) is 5.69 Å². The van der Waals surface area contributed by atoms with E-state index >= 15 is 0 Å². The van der Waals surface area contributed by atoms with Crippen LogP contribution in [0.5, 0.6) is 0 Å². The second-order valence-electron chi connectivity index (χ2n) is 5.03. The smallest absolute Gasteiger partial charge is 0.320 e. The molecule has 1 N–H and O–H groups in total. The summed E-state index contributed by atoms with van der Waals surface area (Å²) in [7, 11) is 0. The van der Waals surface area contributed by atoms with E-state index in [2.05, 4.69) is 15.4 Å². The van der Waals surface area contributed by atoms with Gasteiger partial charge in [0, 0.05) is 5.56 Å². The SMILES string of the molecule is O=C(Nc1cc(C(F)(F)F)ccc1-n1cncn1)c1ccc(F)cc1. The third-order valence-corrected chi connectivity index (χ3v) is 3.34. The average molecular weight is 350 g/mol. The van der Waals surface area contributed by atoms with Crippen molar-refractivity contribution in [2.45, 2.75) is 6.18 Å². The van der Waals surface area contributed by atoms with Crippen molar-refractivity contribution in [1.29, 1.82) is 0 Å². The van der Waals surface area contributed by atoms with E-state index in [1.165, 1.54) is 35.5 Å². The van der Waals surface area contributed by atoms with Crippen LogP contribution < -0.4 is 5.32 Å². The van der Waals surface area contributed by atoms with Crippen molar-refractivity contribution in [3.05, 3.63) is 72.1 Å². The van der Waals surface area contributed by atoms with Crippen molar-refractivity contribution in [3.63, 3.8) is 0 Å². The number of carbonyl (C=O) groups excluding carboxylic acids is 1. The number of benzene rings is 2. The lowest BCUT2D eigenvalue weighted by atomic mass is 10.1. The first-order valence-corrected chi connectivity index (χ1v) is 6.98. The molecule has 128 valence electrons. The predicted molar refractivity (Wildman–Crippen MR) is 80.7 cm³/mol.